The summed E-state index contributed by atoms with van der Waals surface area (Å²) in [5.41, 5.74) is -0.552. The first-order chi connectivity index (χ1) is 16.7. The van der Waals surface area contributed by atoms with Crippen molar-refractivity contribution in [1.82, 2.24) is 0 Å². The van der Waals surface area contributed by atoms with Crippen LogP contribution in [0.15, 0.2) is 42.5 Å². The van der Waals surface area contributed by atoms with Gasteiger partial charge in [0.05, 0.1) is 33.3 Å². The average molecular weight is 471 g/mol. The van der Waals surface area contributed by atoms with Gasteiger partial charge in [-0.3, -0.25) is 9.59 Å². The first-order valence-corrected chi connectivity index (χ1v) is 10.1. The number of ether oxygens (including phenoxy) is 1. The lowest BCUT2D eigenvalue weighted by Crippen LogP contribution is -2.44. The summed E-state index contributed by atoms with van der Waals surface area (Å²) >= 11 is 0. The highest BCUT2D eigenvalue weighted by molar-refractivity contribution is 5.95. The second-order valence-corrected chi connectivity index (χ2v) is 7.84. The maximum absolute atomic E-state index is 14.3. The SMILES string of the molecule is [2H]C([2H])([2H])OC1CC(C(=O)Nc2ccc(C(F)(F)F)cc2F)C(C(=O)O)[C@@H](c2ccc(NC)cc2)C1. The predicted molar refractivity (Wildman–Crippen MR) is 113 cm³/mol. The van der Waals surface area contributed by atoms with E-state index in [0.717, 1.165) is 11.8 Å². The number of benzene rings is 2. The standard InChI is InChI=1S/C23H24F4N2O4/c1-28-14-6-3-12(4-7-14)16-10-15(33-2)11-17(20(16)22(31)32)21(30)29-19-8-5-13(9-18(19)24)23(25,26)27/h3-9,15-17,20,28H,10-11H2,1-2H3,(H,29,30)(H,31,32)/t15?,16-,17?,20?/m1/s1/i2D3. The summed E-state index contributed by atoms with van der Waals surface area (Å²) in [5.74, 6) is -7.19. The highest BCUT2D eigenvalue weighted by atomic mass is 19.4. The largest absolute Gasteiger partial charge is 0.481 e. The summed E-state index contributed by atoms with van der Waals surface area (Å²) in [6.45, 7) is 0. The zero-order valence-electron chi connectivity index (χ0n) is 20.4. The van der Waals surface area contributed by atoms with Crippen molar-refractivity contribution in [2.75, 3.05) is 24.7 Å². The van der Waals surface area contributed by atoms with E-state index in [-0.39, 0.29) is 18.9 Å². The van der Waals surface area contributed by atoms with Gasteiger partial charge in [-0.15, -0.1) is 0 Å². The van der Waals surface area contributed by atoms with Crippen molar-refractivity contribution in [3.05, 3.63) is 59.4 Å². The molecule has 178 valence electrons. The van der Waals surface area contributed by atoms with Gasteiger partial charge >= 0.3 is 12.1 Å². The van der Waals surface area contributed by atoms with Gasteiger partial charge in [-0.1, -0.05) is 12.1 Å². The zero-order valence-corrected chi connectivity index (χ0v) is 17.4. The molecule has 0 heterocycles. The summed E-state index contributed by atoms with van der Waals surface area (Å²) in [5, 5.41) is 15.1. The van der Waals surface area contributed by atoms with Crippen molar-refractivity contribution < 1.29 is 41.1 Å². The van der Waals surface area contributed by atoms with Crippen molar-refractivity contribution in [3.63, 3.8) is 0 Å². The van der Waals surface area contributed by atoms with Crippen LogP contribution in [0.3, 0.4) is 0 Å². The number of aliphatic carboxylic acids is 1. The Hall–Kier alpha value is -3.14. The van der Waals surface area contributed by atoms with E-state index in [4.69, 9.17) is 8.85 Å². The number of rotatable bonds is 6. The molecular weight excluding hydrogens is 444 g/mol. The molecular formula is C23H24F4N2O4. The molecule has 3 N–H and O–H groups in total. The fourth-order valence-electron chi connectivity index (χ4n) is 4.21. The molecule has 0 bridgehead atoms. The van der Waals surface area contributed by atoms with E-state index in [1.165, 1.54) is 0 Å². The third kappa shape index (κ3) is 5.44. The molecule has 3 rings (SSSR count). The molecule has 2 aromatic carbocycles. The van der Waals surface area contributed by atoms with Crippen LogP contribution in [-0.4, -0.2) is 37.2 Å². The Balaban J connectivity index is 1.95. The number of anilines is 2. The summed E-state index contributed by atoms with van der Waals surface area (Å²) in [6, 6.07) is 8.21. The quantitative estimate of drug-likeness (QED) is 0.530. The molecule has 0 saturated heterocycles. The third-order valence-electron chi connectivity index (χ3n) is 5.87. The molecule has 3 unspecified atom stereocenters. The number of carboxylic acids is 1. The number of methoxy groups -OCH3 is 1. The number of carboxylic acid groups (broad SMARTS) is 1. The van der Waals surface area contributed by atoms with Crippen LogP contribution in [-0.2, 0) is 20.5 Å². The van der Waals surface area contributed by atoms with Crippen LogP contribution >= 0.6 is 0 Å². The van der Waals surface area contributed by atoms with Crippen molar-refractivity contribution in [1.29, 1.82) is 0 Å². The van der Waals surface area contributed by atoms with Gasteiger partial charge in [0.25, 0.3) is 0 Å². The Bertz CT molecular complexity index is 1110. The van der Waals surface area contributed by atoms with E-state index in [1.807, 2.05) is 0 Å². The Morgan fingerprint density at radius 1 is 1.15 bits per heavy atom. The average Bonchev–Trinajstić information content (AvgIpc) is 2.77. The minimum Gasteiger partial charge on any atom is -0.481 e. The fourth-order valence-corrected chi connectivity index (χ4v) is 4.21. The second-order valence-electron chi connectivity index (χ2n) is 7.84. The lowest BCUT2D eigenvalue weighted by atomic mass is 9.68. The van der Waals surface area contributed by atoms with E-state index in [9.17, 15) is 32.3 Å². The van der Waals surface area contributed by atoms with Crippen molar-refractivity contribution in [2.45, 2.75) is 31.0 Å². The van der Waals surface area contributed by atoms with Crippen molar-refractivity contribution in [3.8, 4) is 0 Å². The van der Waals surface area contributed by atoms with Gasteiger partial charge in [-0.05, 0) is 48.7 Å². The first-order valence-electron chi connectivity index (χ1n) is 11.6. The highest BCUT2D eigenvalue weighted by Crippen LogP contribution is 2.43. The van der Waals surface area contributed by atoms with Crippen LogP contribution < -0.4 is 10.6 Å². The minimum absolute atomic E-state index is 0.00726. The third-order valence-corrected chi connectivity index (χ3v) is 5.87. The molecule has 6 nitrogen and oxygen atoms in total. The second kappa shape index (κ2) is 9.78. The molecule has 2 aromatic rings. The molecule has 0 radical (unpaired) electrons. The maximum Gasteiger partial charge on any atom is 0.416 e. The molecule has 1 fully saturated rings. The number of hydrogen-bond donors (Lipinski definition) is 3. The summed E-state index contributed by atoms with van der Waals surface area (Å²) < 4.78 is 80.3. The predicted octanol–water partition coefficient (Wildman–Crippen LogP) is 4.73. The summed E-state index contributed by atoms with van der Waals surface area (Å²) in [7, 11) is -1.13. The molecule has 1 saturated carbocycles. The van der Waals surface area contributed by atoms with Crippen LogP contribution in [0.4, 0.5) is 28.9 Å². The monoisotopic (exact) mass is 471 g/mol. The lowest BCUT2D eigenvalue weighted by Gasteiger charge is -2.39. The first kappa shape index (κ1) is 20.5. The van der Waals surface area contributed by atoms with Gasteiger partial charge in [0.15, 0.2) is 0 Å². The fraction of sp³-hybridized carbons (Fsp3) is 0.391. The smallest absolute Gasteiger partial charge is 0.416 e. The Kier molecular flexibility index (Phi) is 6.06. The van der Waals surface area contributed by atoms with E-state index in [0.29, 0.717) is 11.6 Å². The molecule has 0 spiro atoms. The van der Waals surface area contributed by atoms with E-state index < -0.39 is 66.0 Å². The topological polar surface area (TPSA) is 87.7 Å². The molecule has 0 aliphatic heterocycles. The number of nitrogens with one attached hydrogen (secondary N) is 2. The molecule has 0 aromatic heterocycles. The van der Waals surface area contributed by atoms with E-state index >= 15 is 0 Å². The molecule has 1 amide bonds. The number of carbonyl (C=O) groups is 2. The van der Waals surface area contributed by atoms with Gasteiger partial charge < -0.3 is 20.5 Å². The van der Waals surface area contributed by atoms with Gasteiger partial charge in [0.1, 0.15) is 5.82 Å². The molecule has 10 heteroatoms. The normalized spacial score (nSPS) is 24.8. The van der Waals surface area contributed by atoms with Crippen molar-refractivity contribution in [2.24, 2.45) is 11.8 Å². The van der Waals surface area contributed by atoms with Crippen LogP contribution in [0.2, 0.25) is 0 Å². The Morgan fingerprint density at radius 2 is 1.85 bits per heavy atom. The summed E-state index contributed by atoms with van der Waals surface area (Å²) in [4.78, 5) is 25.4. The Labute approximate surface area is 192 Å². The van der Waals surface area contributed by atoms with Crippen LogP contribution in [0.1, 0.15) is 34.0 Å². The maximum atomic E-state index is 14.3. The van der Waals surface area contributed by atoms with Gasteiger partial charge in [0, 0.05) is 25.7 Å². The highest BCUT2D eigenvalue weighted by Gasteiger charge is 2.46. The summed E-state index contributed by atoms with van der Waals surface area (Å²) in [6.07, 6.45) is -6.13. The van der Waals surface area contributed by atoms with E-state index in [2.05, 4.69) is 10.6 Å². The van der Waals surface area contributed by atoms with Gasteiger partial charge in [-0.25, -0.2) is 4.39 Å². The lowest BCUT2D eigenvalue weighted by molar-refractivity contribution is -0.151. The number of alkyl halides is 3. The molecule has 1 aliphatic carbocycles. The number of halogens is 4. The van der Waals surface area contributed by atoms with E-state index in [1.54, 1.807) is 31.3 Å². The molecule has 4 atom stereocenters. The van der Waals surface area contributed by atoms with Crippen LogP contribution in [0.25, 0.3) is 0 Å². The Morgan fingerprint density at radius 3 is 2.39 bits per heavy atom. The number of hydrogen-bond acceptors (Lipinski definition) is 4. The zero-order chi connectivity index (χ0) is 26.8. The molecule has 33 heavy (non-hydrogen) atoms. The van der Waals surface area contributed by atoms with Crippen LogP contribution in [0.5, 0.6) is 0 Å². The number of amides is 1. The molecule has 1 aliphatic rings. The van der Waals surface area contributed by atoms with Crippen LogP contribution in [0, 0.1) is 17.7 Å². The minimum atomic E-state index is -4.79. The number of carbonyl (C=O) groups excluding carboxylic acids is 1. The van der Waals surface area contributed by atoms with Crippen molar-refractivity contribution >= 4 is 23.3 Å². The van der Waals surface area contributed by atoms with Gasteiger partial charge in [0.2, 0.25) is 5.91 Å². The van der Waals surface area contributed by atoms with Gasteiger partial charge in [-0.2, -0.15) is 13.2 Å².